The molecular formula is C18H27NO. The van der Waals surface area contributed by atoms with Gasteiger partial charge in [-0.25, -0.2) is 0 Å². The Labute approximate surface area is 123 Å². The summed E-state index contributed by atoms with van der Waals surface area (Å²) in [5.74, 6) is 0.495. The predicted octanol–water partition coefficient (Wildman–Crippen LogP) is 4.64. The van der Waals surface area contributed by atoms with Crippen molar-refractivity contribution in [1.82, 2.24) is 5.32 Å². The zero-order chi connectivity index (χ0) is 14.0. The highest BCUT2D eigenvalue weighted by molar-refractivity contribution is 5.83. The summed E-state index contributed by atoms with van der Waals surface area (Å²) in [5, 5.41) is 3.29. The Balaban J connectivity index is 2.00. The van der Waals surface area contributed by atoms with Crippen LogP contribution in [0.4, 0.5) is 0 Å². The molecule has 1 heterocycles. The summed E-state index contributed by atoms with van der Waals surface area (Å²) >= 11 is 0. The zero-order valence-corrected chi connectivity index (χ0v) is 12.4. The molecule has 2 aliphatic rings. The Hall–Kier alpha value is -1.31. The topological polar surface area (TPSA) is 29.1 Å². The molecule has 0 amide bonds. The third kappa shape index (κ3) is 4.99. The highest BCUT2D eigenvalue weighted by atomic mass is 16.1. The van der Waals surface area contributed by atoms with Gasteiger partial charge in [0.25, 0.3) is 0 Å². The third-order valence-corrected chi connectivity index (χ3v) is 4.27. The first-order valence-corrected chi connectivity index (χ1v) is 8.20. The lowest BCUT2D eigenvalue weighted by molar-refractivity contribution is -0.122. The SMILES string of the molecule is O=C1CCCCCCCCCCC1C1=CC=CC=CN1. The van der Waals surface area contributed by atoms with Crippen LogP contribution in [0.3, 0.4) is 0 Å². The highest BCUT2D eigenvalue weighted by Crippen LogP contribution is 2.23. The van der Waals surface area contributed by atoms with E-state index in [1.165, 1.54) is 44.9 Å². The van der Waals surface area contributed by atoms with E-state index >= 15 is 0 Å². The standard InChI is InChI=1S/C18H27NO/c20-18-14-10-6-4-2-1-3-5-8-12-16(18)17-13-9-7-11-15-19-17/h7,9,11,13,15-16,19H,1-6,8,10,12,14H2. The zero-order valence-electron chi connectivity index (χ0n) is 12.4. The minimum atomic E-state index is 0.0711. The molecule has 1 aliphatic heterocycles. The van der Waals surface area contributed by atoms with Gasteiger partial charge in [-0.05, 0) is 25.0 Å². The number of allylic oxidation sites excluding steroid dienone is 5. The van der Waals surface area contributed by atoms with Gasteiger partial charge < -0.3 is 5.32 Å². The van der Waals surface area contributed by atoms with E-state index < -0.39 is 0 Å². The maximum Gasteiger partial charge on any atom is 0.141 e. The van der Waals surface area contributed by atoms with E-state index in [1.807, 2.05) is 24.4 Å². The van der Waals surface area contributed by atoms with Crippen molar-refractivity contribution in [2.24, 2.45) is 5.92 Å². The Morgan fingerprint density at radius 3 is 2.35 bits per heavy atom. The second-order valence-electron chi connectivity index (χ2n) is 5.90. The lowest BCUT2D eigenvalue weighted by atomic mass is 9.89. The first-order valence-electron chi connectivity index (χ1n) is 8.20. The van der Waals surface area contributed by atoms with Crippen molar-refractivity contribution >= 4 is 5.78 Å². The van der Waals surface area contributed by atoms with Crippen LogP contribution in [0, 0.1) is 5.92 Å². The molecule has 0 spiro atoms. The minimum absolute atomic E-state index is 0.0711. The molecule has 1 aliphatic carbocycles. The van der Waals surface area contributed by atoms with Crippen molar-refractivity contribution in [1.29, 1.82) is 0 Å². The van der Waals surface area contributed by atoms with Crippen LogP contribution in [0.5, 0.6) is 0 Å². The molecule has 0 aromatic rings. The summed E-state index contributed by atoms with van der Waals surface area (Å²) in [7, 11) is 0. The first kappa shape index (κ1) is 15.1. The van der Waals surface area contributed by atoms with Gasteiger partial charge in [0.2, 0.25) is 0 Å². The first-order chi connectivity index (χ1) is 9.88. The van der Waals surface area contributed by atoms with Crippen LogP contribution in [0.15, 0.2) is 36.2 Å². The normalized spacial score (nSPS) is 25.9. The van der Waals surface area contributed by atoms with Crippen molar-refractivity contribution in [3.63, 3.8) is 0 Å². The molecule has 0 radical (unpaired) electrons. The van der Waals surface area contributed by atoms with Gasteiger partial charge >= 0.3 is 0 Å². The molecule has 20 heavy (non-hydrogen) atoms. The molecule has 1 saturated carbocycles. The Morgan fingerprint density at radius 2 is 1.55 bits per heavy atom. The van der Waals surface area contributed by atoms with Crippen molar-refractivity contribution in [3.05, 3.63) is 36.2 Å². The maximum atomic E-state index is 12.5. The van der Waals surface area contributed by atoms with Gasteiger partial charge in [0, 0.05) is 18.3 Å². The highest BCUT2D eigenvalue weighted by Gasteiger charge is 2.21. The summed E-state index contributed by atoms with van der Waals surface area (Å²) in [5.41, 5.74) is 1.08. The van der Waals surface area contributed by atoms with E-state index in [4.69, 9.17) is 0 Å². The van der Waals surface area contributed by atoms with Gasteiger partial charge in [0.1, 0.15) is 5.78 Å². The average molecular weight is 273 g/mol. The van der Waals surface area contributed by atoms with Crippen LogP contribution < -0.4 is 5.32 Å². The molecule has 0 bridgehead atoms. The average Bonchev–Trinajstić information content (AvgIpc) is 2.72. The number of carbonyl (C=O) groups is 1. The Kier molecular flexibility index (Phi) is 6.62. The molecule has 2 rings (SSSR count). The van der Waals surface area contributed by atoms with Crippen LogP contribution in [-0.2, 0) is 4.79 Å². The van der Waals surface area contributed by atoms with Crippen LogP contribution in [0.1, 0.15) is 64.2 Å². The van der Waals surface area contributed by atoms with Crippen molar-refractivity contribution in [2.75, 3.05) is 0 Å². The Bertz CT molecular complexity index is 392. The molecule has 0 aromatic carbocycles. The fourth-order valence-electron chi connectivity index (χ4n) is 3.06. The number of hydrogen-bond acceptors (Lipinski definition) is 2. The van der Waals surface area contributed by atoms with Gasteiger partial charge in [-0.15, -0.1) is 0 Å². The van der Waals surface area contributed by atoms with Crippen LogP contribution in [0.25, 0.3) is 0 Å². The van der Waals surface area contributed by atoms with Crippen molar-refractivity contribution in [2.45, 2.75) is 64.2 Å². The summed E-state index contributed by atoms with van der Waals surface area (Å²) < 4.78 is 0. The number of ketones is 1. The molecule has 2 heteroatoms. The lowest BCUT2D eigenvalue weighted by Crippen LogP contribution is -2.23. The monoisotopic (exact) mass is 273 g/mol. The number of carbonyl (C=O) groups excluding carboxylic acids is 1. The lowest BCUT2D eigenvalue weighted by Gasteiger charge is -2.20. The molecule has 1 unspecified atom stereocenters. The number of hydrogen-bond donors (Lipinski definition) is 1. The van der Waals surface area contributed by atoms with Crippen LogP contribution in [-0.4, -0.2) is 5.78 Å². The summed E-state index contributed by atoms with van der Waals surface area (Å²) in [6, 6.07) is 0. The summed E-state index contributed by atoms with van der Waals surface area (Å²) in [6.07, 6.45) is 21.8. The second kappa shape index (κ2) is 8.78. The fraction of sp³-hybridized carbons (Fsp3) is 0.611. The molecule has 1 atom stereocenters. The Morgan fingerprint density at radius 1 is 0.850 bits per heavy atom. The van der Waals surface area contributed by atoms with Crippen molar-refractivity contribution < 1.29 is 4.79 Å². The number of Topliss-reactive ketones (excluding diaryl/α,β-unsaturated/α-hetero) is 1. The molecule has 1 N–H and O–H groups in total. The van der Waals surface area contributed by atoms with Crippen LogP contribution >= 0.6 is 0 Å². The second-order valence-corrected chi connectivity index (χ2v) is 5.90. The molecule has 110 valence electrons. The fourth-order valence-corrected chi connectivity index (χ4v) is 3.06. The van der Waals surface area contributed by atoms with Crippen molar-refractivity contribution in [3.8, 4) is 0 Å². The predicted molar refractivity (Wildman–Crippen MR) is 84.2 cm³/mol. The van der Waals surface area contributed by atoms with Gasteiger partial charge in [0.05, 0.1) is 5.92 Å². The quantitative estimate of drug-likeness (QED) is 0.754. The van der Waals surface area contributed by atoms with E-state index in [2.05, 4.69) is 11.4 Å². The van der Waals surface area contributed by atoms with Gasteiger partial charge in [-0.1, -0.05) is 57.1 Å². The molecule has 2 nitrogen and oxygen atoms in total. The maximum absolute atomic E-state index is 12.5. The number of nitrogens with one attached hydrogen (secondary N) is 1. The molecule has 0 aromatic heterocycles. The molecule has 1 fully saturated rings. The van der Waals surface area contributed by atoms with Gasteiger partial charge in [-0.3, -0.25) is 4.79 Å². The minimum Gasteiger partial charge on any atom is -0.364 e. The molecule has 0 saturated heterocycles. The summed E-state index contributed by atoms with van der Waals surface area (Å²) in [4.78, 5) is 12.5. The van der Waals surface area contributed by atoms with Gasteiger partial charge in [0.15, 0.2) is 0 Å². The van der Waals surface area contributed by atoms with Gasteiger partial charge in [-0.2, -0.15) is 0 Å². The van der Waals surface area contributed by atoms with E-state index in [0.717, 1.165) is 25.0 Å². The smallest absolute Gasteiger partial charge is 0.141 e. The van der Waals surface area contributed by atoms with Crippen LogP contribution in [0.2, 0.25) is 0 Å². The molecular weight excluding hydrogens is 246 g/mol. The van der Waals surface area contributed by atoms with E-state index in [1.54, 1.807) is 0 Å². The third-order valence-electron chi connectivity index (χ3n) is 4.27. The number of rotatable bonds is 1. The van der Waals surface area contributed by atoms with E-state index in [9.17, 15) is 4.79 Å². The largest absolute Gasteiger partial charge is 0.364 e. The van der Waals surface area contributed by atoms with E-state index in [-0.39, 0.29) is 5.92 Å². The summed E-state index contributed by atoms with van der Waals surface area (Å²) in [6.45, 7) is 0. The van der Waals surface area contributed by atoms with E-state index in [0.29, 0.717) is 5.78 Å².